The van der Waals surface area contributed by atoms with E-state index in [0.29, 0.717) is 5.39 Å². The molecule has 0 aliphatic carbocycles. The maximum Gasteiger partial charge on any atom is 0.418 e. The number of nitrogens with one attached hydrogen (secondary N) is 1. The highest BCUT2D eigenvalue weighted by atomic mass is 32.2. The number of nitro benzene ring substituents is 1. The van der Waals surface area contributed by atoms with Crippen molar-refractivity contribution in [2.24, 2.45) is 0 Å². The van der Waals surface area contributed by atoms with Crippen molar-refractivity contribution in [2.45, 2.75) is 11.1 Å². The molecule has 0 unspecified atom stereocenters. The fraction of sp³-hybridized carbons (Fsp3) is 0.0588. The van der Waals surface area contributed by atoms with Crippen molar-refractivity contribution in [3.05, 3.63) is 76.3 Å². The van der Waals surface area contributed by atoms with Gasteiger partial charge in [0.2, 0.25) is 0 Å². The molecule has 6 nitrogen and oxygen atoms in total. The molecule has 3 aromatic rings. The van der Waals surface area contributed by atoms with Crippen molar-refractivity contribution in [3.8, 4) is 0 Å². The number of sulfonamides is 1. The highest BCUT2D eigenvalue weighted by molar-refractivity contribution is 7.92. The topological polar surface area (TPSA) is 89.3 Å². The monoisotopic (exact) mass is 396 g/mol. The Morgan fingerprint density at radius 3 is 2.22 bits per heavy atom. The number of non-ortho nitro benzene ring substituents is 1. The van der Waals surface area contributed by atoms with Gasteiger partial charge in [-0.05, 0) is 29.0 Å². The molecule has 0 aliphatic rings. The predicted octanol–water partition coefficient (Wildman–Crippen LogP) is 4.57. The van der Waals surface area contributed by atoms with Crippen LogP contribution in [0, 0.1) is 10.1 Å². The molecule has 0 spiro atoms. The van der Waals surface area contributed by atoms with E-state index in [2.05, 4.69) is 0 Å². The fourth-order valence-electron chi connectivity index (χ4n) is 2.51. The highest BCUT2D eigenvalue weighted by Gasteiger charge is 2.36. The summed E-state index contributed by atoms with van der Waals surface area (Å²) in [5.74, 6) is 0. The summed E-state index contributed by atoms with van der Waals surface area (Å²) >= 11 is 0. The average molecular weight is 396 g/mol. The first-order valence-electron chi connectivity index (χ1n) is 7.45. The molecule has 0 aliphatic heterocycles. The normalized spacial score (nSPS) is 12.1. The van der Waals surface area contributed by atoms with Gasteiger partial charge in [-0.25, -0.2) is 8.42 Å². The van der Waals surface area contributed by atoms with Crippen LogP contribution in [0.5, 0.6) is 0 Å². The average Bonchev–Trinajstić information content (AvgIpc) is 2.60. The molecule has 3 rings (SSSR count). The van der Waals surface area contributed by atoms with E-state index in [9.17, 15) is 31.7 Å². The smallest absolute Gasteiger partial charge is 0.279 e. The molecule has 0 atom stereocenters. The number of nitrogens with zero attached hydrogens (tertiary/aromatic N) is 1. The highest BCUT2D eigenvalue weighted by Crippen LogP contribution is 2.38. The van der Waals surface area contributed by atoms with Crippen LogP contribution >= 0.6 is 0 Å². The van der Waals surface area contributed by atoms with E-state index in [-0.39, 0.29) is 11.0 Å². The number of benzene rings is 3. The number of halogens is 3. The number of alkyl halides is 3. The van der Waals surface area contributed by atoms with Crippen LogP contribution in [0.4, 0.5) is 24.5 Å². The van der Waals surface area contributed by atoms with Gasteiger partial charge in [-0.2, -0.15) is 13.2 Å². The van der Waals surface area contributed by atoms with Crippen molar-refractivity contribution in [1.29, 1.82) is 0 Å². The third-order valence-electron chi connectivity index (χ3n) is 3.79. The Labute approximate surface area is 151 Å². The first-order chi connectivity index (χ1) is 12.6. The number of anilines is 1. The molecule has 140 valence electrons. The predicted molar refractivity (Wildman–Crippen MR) is 92.9 cm³/mol. The Bertz CT molecular complexity index is 1140. The lowest BCUT2D eigenvalue weighted by atomic mass is 10.1. The van der Waals surface area contributed by atoms with Gasteiger partial charge in [0, 0.05) is 12.1 Å². The molecule has 0 radical (unpaired) electrons. The quantitative estimate of drug-likeness (QED) is 0.517. The lowest BCUT2D eigenvalue weighted by molar-refractivity contribution is -0.385. The van der Waals surface area contributed by atoms with Gasteiger partial charge in [0.1, 0.15) is 0 Å². The number of hydrogen-bond acceptors (Lipinski definition) is 4. The summed E-state index contributed by atoms with van der Waals surface area (Å²) in [4.78, 5) is 9.50. The van der Waals surface area contributed by atoms with Crippen molar-refractivity contribution in [1.82, 2.24) is 0 Å². The van der Waals surface area contributed by atoms with Gasteiger partial charge in [0.25, 0.3) is 15.7 Å². The van der Waals surface area contributed by atoms with Crippen molar-refractivity contribution >= 4 is 32.2 Å². The zero-order valence-electron chi connectivity index (χ0n) is 13.4. The summed E-state index contributed by atoms with van der Waals surface area (Å²) in [6, 6.07) is 12.8. The van der Waals surface area contributed by atoms with E-state index in [1.54, 1.807) is 24.3 Å². The summed E-state index contributed by atoms with van der Waals surface area (Å²) in [5.41, 5.74) is -3.03. The van der Waals surface area contributed by atoms with Crippen molar-refractivity contribution in [3.63, 3.8) is 0 Å². The Morgan fingerprint density at radius 2 is 1.59 bits per heavy atom. The van der Waals surface area contributed by atoms with Gasteiger partial charge in [-0.15, -0.1) is 0 Å². The zero-order chi connectivity index (χ0) is 19.8. The minimum atomic E-state index is -4.98. The Hall–Kier alpha value is -3.14. The second-order valence-corrected chi connectivity index (χ2v) is 7.28. The summed E-state index contributed by atoms with van der Waals surface area (Å²) in [7, 11) is -4.34. The number of fused-ring (bicyclic) bond motifs is 1. The molecule has 27 heavy (non-hydrogen) atoms. The van der Waals surface area contributed by atoms with Crippen LogP contribution < -0.4 is 4.72 Å². The largest absolute Gasteiger partial charge is 0.418 e. The summed E-state index contributed by atoms with van der Waals surface area (Å²) in [6.45, 7) is 0. The third kappa shape index (κ3) is 3.85. The lowest BCUT2D eigenvalue weighted by Crippen LogP contribution is -2.17. The first kappa shape index (κ1) is 18.6. The minimum Gasteiger partial charge on any atom is -0.279 e. The molecular weight excluding hydrogens is 385 g/mol. The molecule has 3 aromatic carbocycles. The fourth-order valence-corrected chi connectivity index (χ4v) is 3.62. The van der Waals surface area contributed by atoms with Crippen LogP contribution in [0.3, 0.4) is 0 Å². The van der Waals surface area contributed by atoms with E-state index in [0.717, 1.165) is 17.5 Å². The molecular formula is C17H11F3N2O4S. The van der Waals surface area contributed by atoms with Crippen LogP contribution in [0.25, 0.3) is 10.8 Å². The number of hydrogen-bond donors (Lipinski definition) is 1. The Balaban J connectivity index is 2.05. The van der Waals surface area contributed by atoms with Crippen LogP contribution in [0.2, 0.25) is 0 Å². The van der Waals surface area contributed by atoms with E-state index in [4.69, 9.17) is 0 Å². The van der Waals surface area contributed by atoms with Gasteiger partial charge in [-0.1, -0.05) is 30.3 Å². The lowest BCUT2D eigenvalue weighted by Gasteiger charge is -2.15. The minimum absolute atomic E-state index is 0.229. The number of nitro groups is 1. The second-order valence-electron chi connectivity index (χ2n) is 5.60. The molecule has 0 saturated heterocycles. The maximum atomic E-state index is 13.2. The SMILES string of the molecule is O=[N+]([O-])c1ccc(NS(=O)(=O)c2ccc3ccccc3c2)c(C(F)(F)F)c1. The van der Waals surface area contributed by atoms with Crippen LogP contribution in [0.1, 0.15) is 5.56 Å². The summed E-state index contributed by atoms with van der Waals surface area (Å²) < 4.78 is 66.6. The second kappa shape index (κ2) is 6.54. The molecule has 0 aromatic heterocycles. The van der Waals surface area contributed by atoms with Gasteiger partial charge in [-0.3, -0.25) is 14.8 Å². The standard InChI is InChI=1S/C17H11F3N2O4S/c18-17(19,20)15-10-13(22(23)24)6-8-16(15)21-27(25,26)14-7-5-11-3-1-2-4-12(11)9-14/h1-10,21H. The Morgan fingerprint density at radius 1 is 0.926 bits per heavy atom. The van der Waals surface area contributed by atoms with E-state index >= 15 is 0 Å². The number of rotatable bonds is 4. The molecule has 0 fully saturated rings. The summed E-state index contributed by atoms with van der Waals surface area (Å²) in [5, 5.41) is 12.1. The van der Waals surface area contributed by atoms with Gasteiger partial charge in [0.15, 0.2) is 0 Å². The molecule has 0 heterocycles. The molecule has 0 bridgehead atoms. The van der Waals surface area contributed by atoms with Crippen LogP contribution in [-0.4, -0.2) is 13.3 Å². The van der Waals surface area contributed by atoms with Crippen LogP contribution in [0.15, 0.2) is 65.6 Å². The van der Waals surface area contributed by atoms with Gasteiger partial charge < -0.3 is 0 Å². The first-order valence-corrected chi connectivity index (χ1v) is 8.93. The summed E-state index contributed by atoms with van der Waals surface area (Å²) in [6.07, 6.45) is -4.98. The van der Waals surface area contributed by atoms with Crippen LogP contribution in [-0.2, 0) is 16.2 Å². The van der Waals surface area contributed by atoms with E-state index < -0.39 is 38.1 Å². The van der Waals surface area contributed by atoms with E-state index in [1.165, 1.54) is 18.2 Å². The molecule has 10 heteroatoms. The van der Waals surface area contributed by atoms with E-state index in [1.807, 2.05) is 4.72 Å². The zero-order valence-corrected chi connectivity index (χ0v) is 14.2. The molecule has 1 N–H and O–H groups in total. The van der Waals surface area contributed by atoms with Gasteiger partial charge >= 0.3 is 6.18 Å². The molecule has 0 saturated carbocycles. The van der Waals surface area contributed by atoms with Gasteiger partial charge in [0.05, 0.1) is 21.1 Å². The molecule has 0 amide bonds. The Kier molecular flexibility index (Phi) is 4.52. The van der Waals surface area contributed by atoms with Crippen molar-refractivity contribution < 1.29 is 26.5 Å². The third-order valence-corrected chi connectivity index (χ3v) is 5.16. The van der Waals surface area contributed by atoms with Crippen molar-refractivity contribution in [2.75, 3.05) is 4.72 Å². The maximum absolute atomic E-state index is 13.2.